The SMILES string of the molecule is C[P+](c1cccc(Cl)c1)(c1cccc(Cl)c1)c1cccc(Cl)c1. The van der Waals surface area contributed by atoms with Gasteiger partial charge in [0.25, 0.3) is 0 Å². The third-order valence-electron chi connectivity index (χ3n) is 3.97. The van der Waals surface area contributed by atoms with Crippen molar-refractivity contribution in [1.82, 2.24) is 0 Å². The molecular weight excluding hydrogens is 366 g/mol. The highest BCUT2D eigenvalue weighted by molar-refractivity contribution is 7.95. The lowest BCUT2D eigenvalue weighted by molar-refractivity contribution is 1.71. The molecule has 4 heteroatoms. The van der Waals surface area contributed by atoms with E-state index in [4.69, 9.17) is 34.8 Å². The van der Waals surface area contributed by atoms with Crippen LogP contribution in [-0.4, -0.2) is 6.66 Å². The van der Waals surface area contributed by atoms with Crippen molar-refractivity contribution in [3.8, 4) is 0 Å². The molecule has 0 saturated heterocycles. The monoisotopic (exact) mass is 379 g/mol. The smallest absolute Gasteiger partial charge is 0.0842 e. The van der Waals surface area contributed by atoms with Crippen LogP contribution in [0.5, 0.6) is 0 Å². The van der Waals surface area contributed by atoms with Crippen molar-refractivity contribution >= 4 is 58.0 Å². The minimum atomic E-state index is -1.86. The molecule has 0 aliphatic rings. The molecule has 0 aromatic heterocycles. The quantitative estimate of drug-likeness (QED) is 0.521. The van der Waals surface area contributed by atoms with Crippen LogP contribution in [0.25, 0.3) is 0 Å². The first-order chi connectivity index (χ1) is 11.0. The first-order valence-corrected chi connectivity index (χ1v) is 10.5. The summed E-state index contributed by atoms with van der Waals surface area (Å²) in [5.74, 6) is 0. The van der Waals surface area contributed by atoms with E-state index in [9.17, 15) is 0 Å². The molecule has 0 fully saturated rings. The van der Waals surface area contributed by atoms with Gasteiger partial charge >= 0.3 is 0 Å². The van der Waals surface area contributed by atoms with E-state index < -0.39 is 7.26 Å². The Balaban J connectivity index is 2.29. The van der Waals surface area contributed by atoms with Gasteiger partial charge in [-0.05, 0) is 54.6 Å². The molecule has 116 valence electrons. The Morgan fingerprint density at radius 1 is 0.565 bits per heavy atom. The van der Waals surface area contributed by atoms with Crippen molar-refractivity contribution in [2.45, 2.75) is 0 Å². The van der Waals surface area contributed by atoms with E-state index in [0.29, 0.717) is 0 Å². The van der Waals surface area contributed by atoms with Crippen LogP contribution in [-0.2, 0) is 0 Å². The Morgan fingerprint density at radius 3 is 1.13 bits per heavy atom. The van der Waals surface area contributed by atoms with Gasteiger partial charge in [-0.3, -0.25) is 0 Å². The first-order valence-electron chi connectivity index (χ1n) is 7.15. The molecule has 0 radical (unpaired) electrons. The average molecular weight is 381 g/mol. The van der Waals surface area contributed by atoms with Gasteiger partial charge < -0.3 is 0 Å². The van der Waals surface area contributed by atoms with Gasteiger partial charge in [0.2, 0.25) is 0 Å². The summed E-state index contributed by atoms with van der Waals surface area (Å²) in [6, 6.07) is 24.2. The predicted molar refractivity (Wildman–Crippen MR) is 106 cm³/mol. The van der Waals surface area contributed by atoms with Crippen LogP contribution in [0.4, 0.5) is 0 Å². The van der Waals surface area contributed by atoms with Crippen LogP contribution in [0.1, 0.15) is 0 Å². The molecule has 0 spiro atoms. The van der Waals surface area contributed by atoms with Crippen LogP contribution < -0.4 is 15.9 Å². The van der Waals surface area contributed by atoms with Gasteiger partial charge in [0.15, 0.2) is 0 Å². The van der Waals surface area contributed by atoms with Crippen molar-refractivity contribution in [3.05, 3.63) is 87.9 Å². The summed E-state index contributed by atoms with van der Waals surface area (Å²) in [5.41, 5.74) is 0. The average Bonchev–Trinajstić information content (AvgIpc) is 2.54. The fraction of sp³-hybridized carbons (Fsp3) is 0.0526. The van der Waals surface area contributed by atoms with E-state index in [1.807, 2.05) is 54.6 Å². The lowest BCUT2D eigenvalue weighted by Crippen LogP contribution is -2.30. The summed E-state index contributed by atoms with van der Waals surface area (Å²) < 4.78 is 0. The molecule has 0 aliphatic heterocycles. The van der Waals surface area contributed by atoms with E-state index in [-0.39, 0.29) is 0 Å². The predicted octanol–water partition coefficient (Wildman–Crippen LogP) is 5.57. The summed E-state index contributed by atoms with van der Waals surface area (Å²) in [4.78, 5) is 0. The molecule has 3 aromatic rings. The van der Waals surface area contributed by atoms with Gasteiger partial charge in [0.1, 0.15) is 23.2 Å². The third-order valence-corrected chi connectivity index (χ3v) is 8.61. The zero-order valence-electron chi connectivity index (χ0n) is 12.5. The Bertz CT molecular complexity index is 734. The second kappa shape index (κ2) is 6.83. The van der Waals surface area contributed by atoms with Gasteiger partial charge in [-0.25, -0.2) is 0 Å². The maximum absolute atomic E-state index is 6.25. The summed E-state index contributed by atoms with van der Waals surface area (Å²) in [6.07, 6.45) is 0. The summed E-state index contributed by atoms with van der Waals surface area (Å²) in [6.45, 7) is 2.27. The second-order valence-electron chi connectivity index (χ2n) is 5.45. The summed E-state index contributed by atoms with van der Waals surface area (Å²) >= 11 is 18.8. The van der Waals surface area contributed by atoms with Gasteiger partial charge in [0, 0.05) is 15.1 Å². The molecule has 0 saturated carbocycles. The highest BCUT2D eigenvalue weighted by atomic mass is 35.5. The Hall–Kier alpha value is -1.04. The Labute approximate surface area is 152 Å². The summed E-state index contributed by atoms with van der Waals surface area (Å²) in [7, 11) is -1.86. The lowest BCUT2D eigenvalue weighted by atomic mass is 10.3. The standard InChI is InChI=1S/C19H15Cl3P/c1-23(17-8-2-5-14(20)11-17,18-9-3-6-15(21)12-18)19-10-4-7-16(22)13-19/h2-13H,1H3/q+1. The van der Waals surface area contributed by atoms with Gasteiger partial charge in [-0.2, -0.15) is 0 Å². The molecule has 0 unspecified atom stereocenters. The number of halogens is 3. The van der Waals surface area contributed by atoms with Crippen LogP contribution in [0.15, 0.2) is 72.8 Å². The number of hydrogen-bond donors (Lipinski definition) is 0. The highest BCUT2D eigenvalue weighted by Gasteiger charge is 2.40. The van der Waals surface area contributed by atoms with Gasteiger partial charge in [-0.1, -0.05) is 53.0 Å². The maximum atomic E-state index is 6.25. The molecule has 0 heterocycles. The molecule has 0 atom stereocenters. The molecular formula is C19H15Cl3P+. The zero-order chi connectivity index (χ0) is 16.4. The van der Waals surface area contributed by atoms with Gasteiger partial charge in [0.05, 0.1) is 6.66 Å². The lowest BCUT2D eigenvalue weighted by Gasteiger charge is -2.23. The van der Waals surface area contributed by atoms with Crippen molar-refractivity contribution in [2.75, 3.05) is 6.66 Å². The normalized spacial score (nSPS) is 11.5. The van der Waals surface area contributed by atoms with E-state index >= 15 is 0 Å². The van der Waals surface area contributed by atoms with E-state index in [2.05, 4.69) is 24.9 Å². The van der Waals surface area contributed by atoms with Crippen molar-refractivity contribution < 1.29 is 0 Å². The highest BCUT2D eigenvalue weighted by Crippen LogP contribution is 2.52. The molecule has 0 bridgehead atoms. The molecule has 0 N–H and O–H groups in total. The number of benzene rings is 3. The zero-order valence-corrected chi connectivity index (χ0v) is 15.7. The van der Waals surface area contributed by atoms with Crippen molar-refractivity contribution in [3.63, 3.8) is 0 Å². The van der Waals surface area contributed by atoms with Crippen molar-refractivity contribution in [2.24, 2.45) is 0 Å². The Morgan fingerprint density at radius 2 is 0.870 bits per heavy atom. The molecule has 0 nitrogen and oxygen atoms in total. The topological polar surface area (TPSA) is 0 Å². The minimum absolute atomic E-state index is 0.734. The van der Waals surface area contributed by atoms with E-state index in [1.165, 1.54) is 15.9 Å². The fourth-order valence-electron chi connectivity index (χ4n) is 2.71. The van der Waals surface area contributed by atoms with Gasteiger partial charge in [-0.15, -0.1) is 0 Å². The first kappa shape index (κ1) is 16.8. The van der Waals surface area contributed by atoms with E-state index in [1.54, 1.807) is 0 Å². The summed E-state index contributed by atoms with van der Waals surface area (Å²) in [5, 5.41) is 5.81. The van der Waals surface area contributed by atoms with E-state index in [0.717, 1.165) is 15.1 Å². The molecule has 3 rings (SSSR count). The maximum Gasteiger partial charge on any atom is 0.109 e. The minimum Gasteiger partial charge on any atom is -0.0842 e. The fourth-order valence-corrected chi connectivity index (χ4v) is 6.75. The largest absolute Gasteiger partial charge is 0.109 e. The van der Waals surface area contributed by atoms with Crippen molar-refractivity contribution in [1.29, 1.82) is 0 Å². The molecule has 3 aromatic carbocycles. The molecule has 23 heavy (non-hydrogen) atoms. The Kier molecular flexibility index (Phi) is 4.99. The number of hydrogen-bond acceptors (Lipinski definition) is 0. The van der Waals surface area contributed by atoms with Crippen LogP contribution >= 0.6 is 42.1 Å². The second-order valence-corrected chi connectivity index (χ2v) is 10.3. The van der Waals surface area contributed by atoms with Crippen LogP contribution in [0.2, 0.25) is 15.1 Å². The van der Waals surface area contributed by atoms with Crippen LogP contribution in [0.3, 0.4) is 0 Å². The van der Waals surface area contributed by atoms with Crippen LogP contribution in [0, 0.1) is 0 Å². The molecule has 0 amide bonds. The molecule has 0 aliphatic carbocycles. The number of rotatable bonds is 3. The third kappa shape index (κ3) is 3.42.